The second kappa shape index (κ2) is 5.63. The van der Waals surface area contributed by atoms with E-state index >= 15 is 0 Å². The Morgan fingerprint density at radius 3 is 2.30 bits per heavy atom. The number of aliphatic hydroxyl groups excluding tert-OH is 1. The molecule has 2 nitrogen and oxygen atoms in total. The van der Waals surface area contributed by atoms with Crippen LogP contribution in [0, 0.1) is 26.6 Å². The smallest absolute Gasteiger partial charge is 0.133 e. The molecule has 0 spiro atoms. The Balaban J connectivity index is 2.44. The minimum Gasteiger partial charge on any atom is -0.457 e. The lowest BCUT2D eigenvalue weighted by molar-refractivity contribution is 0.195. The Morgan fingerprint density at radius 2 is 1.70 bits per heavy atom. The maximum atomic E-state index is 13.6. The Bertz CT molecular complexity index is 633. The lowest BCUT2D eigenvalue weighted by Crippen LogP contribution is -1.99. The van der Waals surface area contributed by atoms with Gasteiger partial charge in [-0.1, -0.05) is 17.7 Å². The van der Waals surface area contributed by atoms with Crippen molar-refractivity contribution in [2.75, 3.05) is 0 Å². The lowest BCUT2D eigenvalue weighted by Gasteiger charge is -2.16. The molecule has 0 amide bonds. The number of ether oxygens (including phenoxy) is 1. The zero-order valence-corrected chi connectivity index (χ0v) is 12.2. The number of aliphatic hydroxyl groups is 1. The van der Waals surface area contributed by atoms with E-state index in [0.717, 1.165) is 11.1 Å². The average Bonchev–Trinajstić information content (AvgIpc) is 2.36. The summed E-state index contributed by atoms with van der Waals surface area (Å²) in [5.74, 6) is 0.864. The minimum atomic E-state index is -0.786. The number of halogens is 1. The summed E-state index contributed by atoms with van der Waals surface area (Å²) in [4.78, 5) is 0. The predicted molar refractivity (Wildman–Crippen MR) is 77.8 cm³/mol. The summed E-state index contributed by atoms with van der Waals surface area (Å²) in [6.45, 7) is 7.25. The molecular formula is C17H19FO2. The van der Waals surface area contributed by atoms with E-state index in [1.54, 1.807) is 19.9 Å². The second-order valence-corrected chi connectivity index (χ2v) is 5.19. The van der Waals surface area contributed by atoms with Gasteiger partial charge in [0, 0.05) is 5.56 Å². The van der Waals surface area contributed by atoms with Crippen molar-refractivity contribution < 1.29 is 14.2 Å². The van der Waals surface area contributed by atoms with Crippen LogP contribution < -0.4 is 4.74 Å². The van der Waals surface area contributed by atoms with Crippen LogP contribution >= 0.6 is 0 Å². The van der Waals surface area contributed by atoms with E-state index in [1.165, 1.54) is 6.07 Å². The number of rotatable bonds is 3. The molecule has 2 rings (SSSR count). The summed E-state index contributed by atoms with van der Waals surface area (Å²) in [6.07, 6.45) is -0.786. The van der Waals surface area contributed by atoms with Crippen molar-refractivity contribution in [3.63, 3.8) is 0 Å². The third-order valence-corrected chi connectivity index (χ3v) is 3.29. The molecule has 3 heteroatoms. The molecule has 0 aliphatic heterocycles. The van der Waals surface area contributed by atoms with Crippen molar-refractivity contribution in [2.24, 2.45) is 0 Å². The van der Waals surface area contributed by atoms with E-state index in [0.29, 0.717) is 22.6 Å². The first-order valence-corrected chi connectivity index (χ1v) is 6.61. The van der Waals surface area contributed by atoms with Crippen LogP contribution in [0.1, 0.15) is 35.3 Å². The summed E-state index contributed by atoms with van der Waals surface area (Å²) in [6, 6.07) is 8.82. The van der Waals surface area contributed by atoms with Gasteiger partial charge in [-0.2, -0.15) is 0 Å². The zero-order chi connectivity index (χ0) is 14.9. The number of hydrogen-bond acceptors (Lipinski definition) is 2. The van der Waals surface area contributed by atoms with Crippen LogP contribution in [0.2, 0.25) is 0 Å². The fraction of sp³-hybridized carbons (Fsp3) is 0.294. The quantitative estimate of drug-likeness (QED) is 0.886. The fourth-order valence-electron chi connectivity index (χ4n) is 2.12. The van der Waals surface area contributed by atoms with Gasteiger partial charge in [0.25, 0.3) is 0 Å². The number of hydrogen-bond donors (Lipinski definition) is 1. The molecular weight excluding hydrogens is 255 g/mol. The molecule has 20 heavy (non-hydrogen) atoms. The first kappa shape index (κ1) is 14.5. The molecule has 0 aliphatic carbocycles. The molecule has 0 bridgehead atoms. The van der Waals surface area contributed by atoms with Gasteiger partial charge in [-0.05, 0) is 57.0 Å². The highest BCUT2D eigenvalue weighted by Gasteiger charge is 2.14. The first-order valence-electron chi connectivity index (χ1n) is 6.61. The van der Waals surface area contributed by atoms with Gasteiger partial charge in [0.1, 0.15) is 17.3 Å². The standard InChI is InChI=1S/C17H19FO2/c1-10-5-6-16(12(3)7-10)20-17-8-11(2)15(18)9-14(17)13(4)19/h5-9,13,19H,1-4H3. The van der Waals surface area contributed by atoms with E-state index in [1.807, 2.05) is 32.0 Å². The van der Waals surface area contributed by atoms with E-state index in [2.05, 4.69) is 0 Å². The fourth-order valence-corrected chi connectivity index (χ4v) is 2.12. The van der Waals surface area contributed by atoms with Gasteiger partial charge >= 0.3 is 0 Å². The van der Waals surface area contributed by atoms with Gasteiger partial charge in [0.15, 0.2) is 0 Å². The van der Waals surface area contributed by atoms with Gasteiger partial charge in [0.2, 0.25) is 0 Å². The third-order valence-electron chi connectivity index (χ3n) is 3.29. The monoisotopic (exact) mass is 274 g/mol. The van der Waals surface area contributed by atoms with Crippen molar-refractivity contribution in [2.45, 2.75) is 33.8 Å². The molecule has 2 aromatic rings. The second-order valence-electron chi connectivity index (χ2n) is 5.19. The molecule has 0 saturated carbocycles. The average molecular weight is 274 g/mol. The van der Waals surface area contributed by atoms with Crippen LogP contribution in [0.5, 0.6) is 11.5 Å². The van der Waals surface area contributed by atoms with Crippen LogP contribution in [0.25, 0.3) is 0 Å². The van der Waals surface area contributed by atoms with E-state index in [9.17, 15) is 9.50 Å². The van der Waals surface area contributed by atoms with Crippen molar-refractivity contribution in [3.8, 4) is 11.5 Å². The van der Waals surface area contributed by atoms with E-state index in [4.69, 9.17) is 4.74 Å². The molecule has 0 aromatic heterocycles. The molecule has 0 fully saturated rings. The maximum absolute atomic E-state index is 13.6. The molecule has 1 N–H and O–H groups in total. The van der Waals surface area contributed by atoms with Gasteiger partial charge in [-0.15, -0.1) is 0 Å². The lowest BCUT2D eigenvalue weighted by atomic mass is 10.1. The van der Waals surface area contributed by atoms with Crippen LogP contribution in [0.3, 0.4) is 0 Å². The topological polar surface area (TPSA) is 29.5 Å². The number of benzene rings is 2. The molecule has 0 radical (unpaired) electrons. The van der Waals surface area contributed by atoms with Gasteiger partial charge in [-0.25, -0.2) is 4.39 Å². The Labute approximate surface area is 118 Å². The van der Waals surface area contributed by atoms with E-state index < -0.39 is 6.10 Å². The maximum Gasteiger partial charge on any atom is 0.133 e. The molecule has 0 saturated heterocycles. The summed E-state index contributed by atoms with van der Waals surface area (Å²) >= 11 is 0. The van der Waals surface area contributed by atoms with Crippen LogP contribution in [0.15, 0.2) is 30.3 Å². The molecule has 2 aromatic carbocycles. The summed E-state index contributed by atoms with van der Waals surface area (Å²) in [7, 11) is 0. The minimum absolute atomic E-state index is 0.339. The number of aryl methyl sites for hydroxylation is 3. The Kier molecular flexibility index (Phi) is 4.09. The normalized spacial score (nSPS) is 12.3. The summed E-state index contributed by atoms with van der Waals surface area (Å²) in [5.41, 5.74) is 3.10. The van der Waals surface area contributed by atoms with Gasteiger partial charge in [-0.3, -0.25) is 0 Å². The molecule has 1 atom stereocenters. The first-order chi connectivity index (χ1) is 9.38. The van der Waals surface area contributed by atoms with Crippen molar-refractivity contribution in [1.82, 2.24) is 0 Å². The largest absolute Gasteiger partial charge is 0.457 e. The van der Waals surface area contributed by atoms with Crippen molar-refractivity contribution in [1.29, 1.82) is 0 Å². The van der Waals surface area contributed by atoms with Crippen LogP contribution in [0.4, 0.5) is 4.39 Å². The molecule has 106 valence electrons. The van der Waals surface area contributed by atoms with Gasteiger partial charge < -0.3 is 9.84 Å². The SMILES string of the molecule is Cc1ccc(Oc2cc(C)c(F)cc2C(C)O)c(C)c1. The molecule has 0 aliphatic rings. The predicted octanol–water partition coefficient (Wildman–Crippen LogP) is 4.60. The highest BCUT2D eigenvalue weighted by molar-refractivity contribution is 5.45. The Morgan fingerprint density at radius 1 is 1.00 bits per heavy atom. The third kappa shape index (κ3) is 2.99. The van der Waals surface area contributed by atoms with Gasteiger partial charge in [0.05, 0.1) is 6.10 Å². The molecule has 1 unspecified atom stereocenters. The van der Waals surface area contributed by atoms with Crippen molar-refractivity contribution >= 4 is 0 Å². The van der Waals surface area contributed by atoms with E-state index in [-0.39, 0.29) is 5.82 Å². The molecule has 0 heterocycles. The van der Waals surface area contributed by atoms with Crippen LogP contribution in [-0.2, 0) is 0 Å². The summed E-state index contributed by atoms with van der Waals surface area (Å²) in [5, 5.41) is 9.76. The van der Waals surface area contributed by atoms with Crippen LogP contribution in [-0.4, -0.2) is 5.11 Å². The zero-order valence-electron chi connectivity index (χ0n) is 12.2. The summed E-state index contributed by atoms with van der Waals surface area (Å²) < 4.78 is 19.5. The Hall–Kier alpha value is -1.87. The van der Waals surface area contributed by atoms with Crippen molar-refractivity contribution in [3.05, 3.63) is 58.4 Å². The highest BCUT2D eigenvalue weighted by Crippen LogP contribution is 2.33. The highest BCUT2D eigenvalue weighted by atomic mass is 19.1.